The Labute approximate surface area is 173 Å². The molecule has 0 aliphatic rings. The smallest absolute Gasteiger partial charge is 0.269 e. The molecule has 0 radical (unpaired) electrons. The van der Waals surface area contributed by atoms with Gasteiger partial charge in [-0.2, -0.15) is 0 Å². The van der Waals surface area contributed by atoms with Gasteiger partial charge in [-0.3, -0.25) is 20.4 Å². The van der Waals surface area contributed by atoms with Crippen LogP contribution in [-0.2, 0) is 6.61 Å². The third-order valence-corrected chi connectivity index (χ3v) is 4.15. The van der Waals surface area contributed by atoms with E-state index in [0.717, 1.165) is 11.3 Å². The number of carbonyl (C=O) groups excluding carboxylic acids is 2. The predicted molar refractivity (Wildman–Crippen MR) is 110 cm³/mol. The quantitative estimate of drug-likeness (QED) is 0.582. The summed E-state index contributed by atoms with van der Waals surface area (Å²) >= 11 is 0. The Balaban J connectivity index is 1.48. The second-order valence-corrected chi connectivity index (χ2v) is 6.31. The van der Waals surface area contributed by atoms with Crippen LogP contribution in [0.5, 0.6) is 11.5 Å². The van der Waals surface area contributed by atoms with Crippen LogP contribution in [0, 0.1) is 5.82 Å². The highest BCUT2D eigenvalue weighted by atomic mass is 19.1. The molecule has 0 saturated heterocycles. The summed E-state index contributed by atoms with van der Waals surface area (Å²) in [6.45, 7) is 2.88. The number of nitrogens with one attached hydrogen (secondary N) is 2. The Hall–Kier alpha value is -3.87. The number of carbonyl (C=O) groups is 2. The van der Waals surface area contributed by atoms with E-state index in [9.17, 15) is 14.0 Å². The van der Waals surface area contributed by atoms with E-state index in [1.54, 1.807) is 24.3 Å². The number of benzene rings is 3. The zero-order chi connectivity index (χ0) is 21.3. The van der Waals surface area contributed by atoms with E-state index in [-0.39, 0.29) is 5.56 Å². The van der Waals surface area contributed by atoms with Crippen molar-refractivity contribution < 1.29 is 23.5 Å². The standard InChI is InChI=1S/C23H21FN2O4/c1-2-29-20-11-13-21(14-12-20)30-15-16-3-5-17(6-4-16)22(27)25-26-23(28)18-7-9-19(24)10-8-18/h3-14H,2,15H2,1H3,(H,25,27)(H,26,28). The number of ether oxygens (including phenoxy) is 2. The van der Waals surface area contributed by atoms with Gasteiger partial charge in [0.2, 0.25) is 0 Å². The summed E-state index contributed by atoms with van der Waals surface area (Å²) in [5.41, 5.74) is 6.12. The molecule has 7 heteroatoms. The zero-order valence-corrected chi connectivity index (χ0v) is 16.4. The van der Waals surface area contributed by atoms with E-state index < -0.39 is 17.6 Å². The van der Waals surface area contributed by atoms with Gasteiger partial charge in [-0.25, -0.2) is 4.39 Å². The molecule has 0 saturated carbocycles. The number of hydrogen-bond acceptors (Lipinski definition) is 4. The Kier molecular flexibility index (Phi) is 7.00. The van der Waals surface area contributed by atoms with Gasteiger partial charge in [0, 0.05) is 11.1 Å². The minimum absolute atomic E-state index is 0.235. The molecule has 3 aromatic carbocycles. The fourth-order valence-corrected chi connectivity index (χ4v) is 2.58. The SMILES string of the molecule is CCOc1ccc(OCc2ccc(C(=O)NNC(=O)c3ccc(F)cc3)cc2)cc1. The van der Waals surface area contributed by atoms with Gasteiger partial charge in [-0.05, 0) is 73.2 Å². The van der Waals surface area contributed by atoms with Gasteiger partial charge in [0.05, 0.1) is 6.61 Å². The Bertz CT molecular complexity index is 987. The first-order valence-electron chi connectivity index (χ1n) is 9.36. The molecule has 0 aromatic heterocycles. The molecule has 3 rings (SSSR count). The van der Waals surface area contributed by atoms with Crippen molar-refractivity contribution in [1.29, 1.82) is 0 Å². The Morgan fingerprint density at radius 3 is 1.70 bits per heavy atom. The van der Waals surface area contributed by atoms with Crippen LogP contribution in [0.3, 0.4) is 0 Å². The highest BCUT2D eigenvalue weighted by Crippen LogP contribution is 2.18. The van der Waals surface area contributed by atoms with Gasteiger partial charge in [0.15, 0.2) is 0 Å². The maximum Gasteiger partial charge on any atom is 0.269 e. The van der Waals surface area contributed by atoms with Crippen LogP contribution in [0.25, 0.3) is 0 Å². The highest BCUT2D eigenvalue weighted by molar-refractivity contribution is 5.99. The third kappa shape index (κ3) is 5.81. The molecule has 6 nitrogen and oxygen atoms in total. The van der Waals surface area contributed by atoms with Gasteiger partial charge < -0.3 is 9.47 Å². The summed E-state index contributed by atoms with van der Waals surface area (Å²) in [6, 6.07) is 19.1. The van der Waals surface area contributed by atoms with Crippen LogP contribution in [0.2, 0.25) is 0 Å². The molecular weight excluding hydrogens is 387 g/mol. The topological polar surface area (TPSA) is 76.7 Å². The average Bonchev–Trinajstić information content (AvgIpc) is 2.78. The second kappa shape index (κ2) is 10.1. The molecule has 0 fully saturated rings. The van der Waals surface area contributed by atoms with E-state index in [4.69, 9.17) is 9.47 Å². The van der Waals surface area contributed by atoms with Crippen molar-refractivity contribution in [2.45, 2.75) is 13.5 Å². The molecule has 0 spiro atoms. The molecule has 0 aliphatic heterocycles. The molecule has 3 aromatic rings. The van der Waals surface area contributed by atoms with Crippen molar-refractivity contribution in [3.8, 4) is 11.5 Å². The first kappa shape index (κ1) is 20.9. The maximum atomic E-state index is 12.9. The van der Waals surface area contributed by atoms with E-state index in [1.807, 2.05) is 31.2 Å². The summed E-state index contributed by atoms with van der Waals surface area (Å²) < 4.78 is 24.0. The zero-order valence-electron chi connectivity index (χ0n) is 16.4. The molecule has 0 unspecified atom stereocenters. The monoisotopic (exact) mass is 408 g/mol. The lowest BCUT2D eigenvalue weighted by atomic mass is 10.1. The lowest BCUT2D eigenvalue weighted by Gasteiger charge is -2.09. The third-order valence-electron chi connectivity index (χ3n) is 4.15. The van der Waals surface area contributed by atoms with E-state index in [2.05, 4.69) is 10.9 Å². The van der Waals surface area contributed by atoms with Crippen molar-refractivity contribution in [2.75, 3.05) is 6.61 Å². The van der Waals surface area contributed by atoms with Crippen molar-refractivity contribution >= 4 is 11.8 Å². The van der Waals surface area contributed by atoms with Crippen LogP contribution in [-0.4, -0.2) is 18.4 Å². The molecular formula is C23H21FN2O4. The van der Waals surface area contributed by atoms with Crippen molar-refractivity contribution in [3.63, 3.8) is 0 Å². The highest BCUT2D eigenvalue weighted by Gasteiger charge is 2.09. The predicted octanol–water partition coefficient (Wildman–Crippen LogP) is 3.88. The molecule has 0 atom stereocenters. The first-order chi connectivity index (χ1) is 14.5. The van der Waals surface area contributed by atoms with Crippen molar-refractivity contribution in [2.24, 2.45) is 0 Å². The molecule has 154 valence electrons. The van der Waals surface area contributed by atoms with Crippen LogP contribution in [0.1, 0.15) is 33.2 Å². The minimum atomic E-state index is -0.538. The molecule has 30 heavy (non-hydrogen) atoms. The number of amides is 2. The van der Waals surface area contributed by atoms with Gasteiger partial charge in [-0.15, -0.1) is 0 Å². The van der Waals surface area contributed by atoms with Gasteiger partial charge in [-0.1, -0.05) is 12.1 Å². The number of hydrogen-bond donors (Lipinski definition) is 2. The molecule has 2 amide bonds. The number of rotatable bonds is 7. The second-order valence-electron chi connectivity index (χ2n) is 6.31. The van der Waals surface area contributed by atoms with Gasteiger partial charge in [0.1, 0.15) is 23.9 Å². The number of halogens is 1. The summed E-state index contributed by atoms with van der Waals surface area (Å²) in [7, 11) is 0. The largest absolute Gasteiger partial charge is 0.494 e. The summed E-state index contributed by atoms with van der Waals surface area (Å²) in [5, 5.41) is 0. The van der Waals surface area contributed by atoms with Crippen LogP contribution >= 0.6 is 0 Å². The van der Waals surface area contributed by atoms with E-state index in [0.29, 0.717) is 24.5 Å². The molecule has 0 aliphatic carbocycles. The molecule has 2 N–H and O–H groups in total. The maximum absolute atomic E-state index is 12.9. The summed E-state index contributed by atoms with van der Waals surface area (Å²) in [6.07, 6.45) is 0. The minimum Gasteiger partial charge on any atom is -0.494 e. The van der Waals surface area contributed by atoms with E-state index >= 15 is 0 Å². The van der Waals surface area contributed by atoms with Crippen molar-refractivity contribution in [3.05, 3.63) is 95.3 Å². The lowest BCUT2D eigenvalue weighted by molar-refractivity contribution is 0.0846. The average molecular weight is 408 g/mol. The van der Waals surface area contributed by atoms with Crippen LogP contribution < -0.4 is 20.3 Å². The normalized spacial score (nSPS) is 10.2. The fourth-order valence-electron chi connectivity index (χ4n) is 2.58. The van der Waals surface area contributed by atoms with Gasteiger partial charge in [0.25, 0.3) is 11.8 Å². The number of hydrazine groups is 1. The Morgan fingerprint density at radius 1 is 0.733 bits per heavy atom. The van der Waals surface area contributed by atoms with E-state index in [1.165, 1.54) is 24.3 Å². The summed E-state index contributed by atoms with van der Waals surface area (Å²) in [5.74, 6) is 0.0471. The fraction of sp³-hybridized carbons (Fsp3) is 0.130. The van der Waals surface area contributed by atoms with Crippen LogP contribution in [0.4, 0.5) is 4.39 Å². The lowest BCUT2D eigenvalue weighted by Crippen LogP contribution is -2.41. The first-order valence-corrected chi connectivity index (χ1v) is 9.36. The molecule has 0 heterocycles. The Morgan fingerprint density at radius 2 is 1.20 bits per heavy atom. The van der Waals surface area contributed by atoms with Crippen molar-refractivity contribution in [1.82, 2.24) is 10.9 Å². The van der Waals surface area contributed by atoms with Gasteiger partial charge >= 0.3 is 0 Å². The van der Waals surface area contributed by atoms with Crippen LogP contribution in [0.15, 0.2) is 72.8 Å². The summed E-state index contributed by atoms with van der Waals surface area (Å²) in [4.78, 5) is 24.1. The molecule has 0 bridgehead atoms.